The van der Waals surface area contributed by atoms with Crippen molar-refractivity contribution in [3.63, 3.8) is 0 Å². The van der Waals surface area contributed by atoms with Crippen LogP contribution in [0.25, 0.3) is 0 Å². The predicted octanol–water partition coefficient (Wildman–Crippen LogP) is 5.37. The normalized spacial score (nSPS) is 14.4. The topological polar surface area (TPSA) is 24.1 Å². The highest BCUT2D eigenvalue weighted by atomic mass is 32.4. The fourth-order valence-corrected chi connectivity index (χ4v) is 8.04. The van der Waals surface area contributed by atoms with Crippen molar-refractivity contribution in [3.05, 3.63) is 0 Å². The lowest BCUT2D eigenvalue weighted by Crippen LogP contribution is -2.43. The summed E-state index contributed by atoms with van der Waals surface area (Å²) in [7, 11) is 0. The molecule has 0 saturated carbocycles. The summed E-state index contributed by atoms with van der Waals surface area (Å²) >= 11 is 11.7. The van der Waals surface area contributed by atoms with Gasteiger partial charge in [0.1, 0.15) is 0 Å². The van der Waals surface area contributed by atoms with Gasteiger partial charge in [0.05, 0.1) is 0 Å². The van der Waals surface area contributed by atoms with E-state index in [1.54, 1.807) is 0 Å². The van der Waals surface area contributed by atoms with Crippen molar-refractivity contribution < 1.29 is 0 Å². The molecule has 0 rings (SSSR count). The first kappa shape index (κ1) is 23.2. The van der Waals surface area contributed by atoms with E-state index >= 15 is 0 Å². The largest absolute Gasteiger partial charge is 0.283 e. The van der Waals surface area contributed by atoms with Gasteiger partial charge >= 0.3 is 0 Å². The van der Waals surface area contributed by atoms with Crippen LogP contribution in [0.4, 0.5) is 0 Å². The lowest BCUT2D eigenvalue weighted by molar-refractivity contribution is 0.341. The Labute approximate surface area is 150 Å². The molecule has 0 spiro atoms. The van der Waals surface area contributed by atoms with Crippen LogP contribution in [0.2, 0.25) is 0 Å². The Balaban J connectivity index is 4.76. The third-order valence-corrected chi connectivity index (χ3v) is 14.2. The van der Waals surface area contributed by atoms with Gasteiger partial charge in [-0.2, -0.15) is 0 Å². The van der Waals surface area contributed by atoms with E-state index in [0.29, 0.717) is 0 Å². The van der Waals surface area contributed by atoms with Crippen LogP contribution in [0.3, 0.4) is 0 Å². The fourth-order valence-electron chi connectivity index (χ4n) is 2.60. The van der Waals surface area contributed by atoms with Gasteiger partial charge in [0, 0.05) is 23.5 Å². The average molecular weight is 385 g/mol. The van der Waals surface area contributed by atoms with E-state index in [2.05, 4.69) is 65.6 Å². The maximum atomic E-state index is 5.86. The Morgan fingerprint density at radius 3 is 1.05 bits per heavy atom. The van der Waals surface area contributed by atoms with Crippen LogP contribution in [0.1, 0.15) is 68.2 Å². The van der Waals surface area contributed by atoms with Crippen LogP contribution in [0, 0.1) is 0 Å². The van der Waals surface area contributed by atoms with Crippen LogP contribution in [-0.4, -0.2) is 35.7 Å². The maximum Gasteiger partial charge on any atom is 0.0168 e. The highest BCUT2D eigenvalue weighted by Gasteiger charge is 2.29. The molecule has 0 heterocycles. The minimum Gasteiger partial charge on any atom is -0.283 e. The van der Waals surface area contributed by atoms with Crippen LogP contribution in [0.5, 0.6) is 0 Å². The van der Waals surface area contributed by atoms with E-state index in [1.165, 1.54) is 0 Å². The molecule has 0 unspecified atom stereocenters. The summed E-state index contributed by atoms with van der Waals surface area (Å²) < 4.78 is 0. The maximum absolute atomic E-state index is 5.86. The summed E-state index contributed by atoms with van der Waals surface area (Å²) in [6.45, 7) is 18.1. The van der Waals surface area contributed by atoms with Gasteiger partial charge in [0.2, 0.25) is 0 Å². The molecule has 6 heteroatoms. The predicted molar refractivity (Wildman–Crippen MR) is 114 cm³/mol. The number of rotatable bonds is 11. The molecule has 2 nitrogen and oxygen atoms in total. The van der Waals surface area contributed by atoms with Crippen LogP contribution in [0.15, 0.2) is 0 Å². The van der Waals surface area contributed by atoms with E-state index < -0.39 is 12.4 Å². The van der Waals surface area contributed by atoms with E-state index in [9.17, 15) is 0 Å². The summed E-state index contributed by atoms with van der Waals surface area (Å²) in [6, 6.07) is 0. The van der Waals surface area contributed by atoms with Gasteiger partial charge in [-0.05, 0) is 65.2 Å². The zero-order valence-corrected chi connectivity index (χ0v) is 19.4. The Kier molecular flexibility index (Phi) is 9.57. The molecule has 0 bridgehead atoms. The van der Waals surface area contributed by atoms with Crippen molar-refractivity contribution in [1.29, 1.82) is 0 Å². The fraction of sp³-hybridized carbons (Fsp3) is 1.00. The molecule has 0 aromatic carbocycles. The Hall–Kier alpha value is 1.22. The highest BCUT2D eigenvalue weighted by molar-refractivity contribution is 8.14. The average Bonchev–Trinajstić information content (AvgIpc) is 2.44. The second-order valence-electron chi connectivity index (χ2n) is 7.53. The van der Waals surface area contributed by atoms with Crippen molar-refractivity contribution in [2.75, 3.05) is 24.6 Å². The van der Waals surface area contributed by atoms with Crippen LogP contribution < -0.4 is 10.2 Å². The smallest absolute Gasteiger partial charge is 0.0168 e. The highest BCUT2D eigenvalue weighted by Crippen LogP contribution is 2.45. The first-order chi connectivity index (χ1) is 9.86. The van der Waals surface area contributed by atoms with Crippen LogP contribution >= 0.6 is 12.4 Å². The molecule has 0 aliphatic rings. The summed E-state index contributed by atoms with van der Waals surface area (Å²) in [5.74, 6) is 0. The number of hydrogen-bond acceptors (Lipinski definition) is 2. The van der Waals surface area contributed by atoms with E-state index in [1.807, 2.05) is 0 Å². The third-order valence-electron chi connectivity index (χ3n) is 4.43. The monoisotopic (exact) mass is 384 g/mol. The zero-order valence-electron chi connectivity index (χ0n) is 16.0. The Bertz CT molecular complexity index is 378. The minimum atomic E-state index is -1.39. The Morgan fingerprint density at radius 2 is 0.864 bits per heavy atom. The second-order valence-corrected chi connectivity index (χ2v) is 18.3. The van der Waals surface area contributed by atoms with Gasteiger partial charge in [-0.1, -0.05) is 51.3 Å². The SMILES string of the molecule is CCP(=S)(CC)NC(C)(C)CCC(C)(C)NP(=S)(CC)CC. The van der Waals surface area contributed by atoms with Gasteiger partial charge in [-0.3, -0.25) is 10.2 Å². The lowest BCUT2D eigenvalue weighted by atomic mass is 9.91. The van der Waals surface area contributed by atoms with Crippen molar-refractivity contribution in [2.24, 2.45) is 0 Å². The molecule has 22 heavy (non-hydrogen) atoms. The van der Waals surface area contributed by atoms with Gasteiger partial charge in [0.25, 0.3) is 0 Å². The molecular weight excluding hydrogens is 346 g/mol. The van der Waals surface area contributed by atoms with Gasteiger partial charge in [-0.15, -0.1) is 0 Å². The standard InChI is InChI=1S/C16H38N2P2S2/c1-9-19(21,10-2)17-15(5,6)13-14-16(7,8)18-20(22,11-3)12-4/h9-14H2,1-8H3,(H,17,21)(H,18,22). The number of nitrogens with one attached hydrogen (secondary N) is 2. The molecular formula is C16H38N2P2S2. The summed E-state index contributed by atoms with van der Waals surface area (Å²) in [4.78, 5) is 0. The van der Waals surface area contributed by atoms with Gasteiger partial charge in [-0.25, -0.2) is 0 Å². The molecule has 0 aromatic rings. The molecule has 0 aromatic heterocycles. The quantitative estimate of drug-likeness (QED) is 0.468. The van der Waals surface area contributed by atoms with Crippen molar-refractivity contribution >= 4 is 36.0 Å². The second kappa shape index (κ2) is 9.07. The van der Waals surface area contributed by atoms with Crippen molar-refractivity contribution in [2.45, 2.75) is 79.3 Å². The number of hydrogen-bond donors (Lipinski definition) is 2. The molecule has 0 radical (unpaired) electrons. The van der Waals surface area contributed by atoms with Crippen molar-refractivity contribution in [3.8, 4) is 0 Å². The summed E-state index contributed by atoms with van der Waals surface area (Å²) in [6.07, 6.45) is 3.84. The minimum absolute atomic E-state index is 0.0987. The van der Waals surface area contributed by atoms with Crippen molar-refractivity contribution in [1.82, 2.24) is 10.2 Å². The van der Waals surface area contributed by atoms with Gasteiger partial charge < -0.3 is 0 Å². The third kappa shape index (κ3) is 8.36. The first-order valence-corrected chi connectivity index (χ1v) is 15.0. The molecule has 2 N–H and O–H groups in total. The Morgan fingerprint density at radius 1 is 0.636 bits per heavy atom. The molecule has 0 saturated heterocycles. The lowest BCUT2D eigenvalue weighted by Gasteiger charge is -2.39. The molecule has 0 aliphatic carbocycles. The van der Waals surface area contributed by atoms with Crippen LogP contribution in [-0.2, 0) is 23.6 Å². The summed E-state index contributed by atoms with van der Waals surface area (Å²) in [5.41, 5.74) is 0.197. The van der Waals surface area contributed by atoms with E-state index in [0.717, 1.165) is 37.5 Å². The van der Waals surface area contributed by atoms with E-state index in [-0.39, 0.29) is 11.1 Å². The van der Waals surface area contributed by atoms with Gasteiger partial charge in [0.15, 0.2) is 0 Å². The first-order valence-electron chi connectivity index (χ1n) is 8.61. The zero-order chi connectivity index (χ0) is 17.7. The molecule has 0 fully saturated rings. The molecule has 0 aliphatic heterocycles. The molecule has 0 atom stereocenters. The van der Waals surface area contributed by atoms with E-state index in [4.69, 9.17) is 23.6 Å². The molecule has 0 amide bonds. The summed E-state index contributed by atoms with van der Waals surface area (Å²) in [5, 5.41) is 7.63. The molecule has 134 valence electrons.